The molecule has 110 valence electrons. The number of amides is 2. The third-order valence-electron chi connectivity index (χ3n) is 2.30. The summed E-state index contributed by atoms with van der Waals surface area (Å²) in [5.41, 5.74) is 0. The molecular weight excluding hydrogens is 267 g/mol. The molecule has 0 bridgehead atoms. The number of carboxylic acid groups (broad SMARTS) is 1. The van der Waals surface area contributed by atoms with Crippen LogP contribution in [0.4, 0.5) is 9.18 Å². The Kier molecular flexibility index (Phi) is 6.28. The molecule has 2 amide bonds. The molecular formula is C13H17FN2O4. The first-order valence-electron chi connectivity index (χ1n) is 6.12. The number of carbonyl (C=O) groups is 2. The third-order valence-corrected chi connectivity index (χ3v) is 2.30. The topological polar surface area (TPSA) is 87.7 Å². The van der Waals surface area contributed by atoms with Crippen molar-refractivity contribution in [1.82, 2.24) is 10.6 Å². The molecule has 1 aromatic carbocycles. The van der Waals surface area contributed by atoms with E-state index in [0.29, 0.717) is 5.75 Å². The fourth-order valence-corrected chi connectivity index (χ4v) is 1.38. The molecule has 7 heteroatoms. The van der Waals surface area contributed by atoms with Crippen molar-refractivity contribution in [3.63, 3.8) is 0 Å². The van der Waals surface area contributed by atoms with Crippen LogP contribution in [0.15, 0.2) is 24.3 Å². The summed E-state index contributed by atoms with van der Waals surface area (Å²) in [5, 5.41) is 13.4. The molecule has 20 heavy (non-hydrogen) atoms. The number of halogens is 1. The van der Waals surface area contributed by atoms with Crippen molar-refractivity contribution < 1.29 is 23.8 Å². The molecule has 3 N–H and O–H groups in total. The normalized spacial score (nSPS) is 11.5. The van der Waals surface area contributed by atoms with Crippen LogP contribution in [-0.4, -0.2) is 36.3 Å². The maximum atomic E-state index is 12.9. The fraction of sp³-hybridized carbons (Fsp3) is 0.385. The fourth-order valence-electron chi connectivity index (χ4n) is 1.38. The van der Waals surface area contributed by atoms with E-state index in [2.05, 4.69) is 10.6 Å². The standard InChI is InChI=1S/C13H17FN2O4/c1-9(16-13(19)15-6-5-12(17)18)8-20-11-4-2-3-10(14)7-11/h2-4,7,9H,5-6,8H2,1H3,(H,17,18)(H2,15,16,19). The summed E-state index contributed by atoms with van der Waals surface area (Å²) in [6.07, 6.45) is -0.137. The Morgan fingerprint density at radius 2 is 2.20 bits per heavy atom. The highest BCUT2D eigenvalue weighted by molar-refractivity contribution is 5.75. The summed E-state index contributed by atoms with van der Waals surface area (Å²) in [5.74, 6) is -0.993. The number of hydrogen-bond donors (Lipinski definition) is 3. The number of benzene rings is 1. The van der Waals surface area contributed by atoms with E-state index < -0.39 is 17.8 Å². The Hall–Kier alpha value is -2.31. The van der Waals surface area contributed by atoms with Crippen molar-refractivity contribution in [2.45, 2.75) is 19.4 Å². The maximum absolute atomic E-state index is 12.9. The van der Waals surface area contributed by atoms with Gasteiger partial charge >= 0.3 is 12.0 Å². The number of urea groups is 1. The Morgan fingerprint density at radius 3 is 2.85 bits per heavy atom. The lowest BCUT2D eigenvalue weighted by atomic mass is 10.3. The Labute approximate surface area is 115 Å². The first-order chi connectivity index (χ1) is 9.47. The first kappa shape index (κ1) is 15.7. The quantitative estimate of drug-likeness (QED) is 0.705. The molecule has 6 nitrogen and oxygen atoms in total. The van der Waals surface area contributed by atoms with E-state index in [1.807, 2.05) is 0 Å². The van der Waals surface area contributed by atoms with Crippen molar-refractivity contribution in [2.24, 2.45) is 0 Å². The van der Waals surface area contributed by atoms with Crippen molar-refractivity contribution >= 4 is 12.0 Å². The van der Waals surface area contributed by atoms with E-state index in [1.165, 1.54) is 18.2 Å². The second-order valence-electron chi connectivity index (χ2n) is 4.21. The lowest BCUT2D eigenvalue weighted by Crippen LogP contribution is -2.43. The van der Waals surface area contributed by atoms with Gasteiger partial charge in [-0.1, -0.05) is 6.07 Å². The van der Waals surface area contributed by atoms with Gasteiger partial charge in [0.15, 0.2) is 0 Å². The number of aliphatic carboxylic acids is 1. The van der Waals surface area contributed by atoms with Gasteiger partial charge in [0, 0.05) is 12.6 Å². The molecule has 1 atom stereocenters. The monoisotopic (exact) mass is 284 g/mol. The van der Waals surface area contributed by atoms with Gasteiger partial charge in [-0.15, -0.1) is 0 Å². The highest BCUT2D eigenvalue weighted by atomic mass is 19.1. The van der Waals surface area contributed by atoms with Crippen LogP contribution in [0.1, 0.15) is 13.3 Å². The Bertz CT molecular complexity index is 467. The first-order valence-corrected chi connectivity index (χ1v) is 6.12. The zero-order valence-electron chi connectivity index (χ0n) is 11.1. The molecule has 0 spiro atoms. The van der Waals surface area contributed by atoms with E-state index in [-0.39, 0.29) is 25.6 Å². The predicted octanol–water partition coefficient (Wildman–Crippen LogP) is 1.37. The van der Waals surface area contributed by atoms with Crippen LogP contribution in [-0.2, 0) is 4.79 Å². The largest absolute Gasteiger partial charge is 0.491 e. The van der Waals surface area contributed by atoms with Gasteiger partial charge in [-0.2, -0.15) is 0 Å². The van der Waals surface area contributed by atoms with Gasteiger partial charge in [-0.25, -0.2) is 9.18 Å². The second kappa shape index (κ2) is 7.98. The molecule has 0 saturated heterocycles. The van der Waals surface area contributed by atoms with Crippen LogP contribution in [0.5, 0.6) is 5.75 Å². The van der Waals surface area contributed by atoms with Crippen LogP contribution in [0.2, 0.25) is 0 Å². The second-order valence-corrected chi connectivity index (χ2v) is 4.21. The van der Waals surface area contributed by atoms with Crippen LogP contribution in [0.25, 0.3) is 0 Å². The molecule has 0 fully saturated rings. The molecule has 1 unspecified atom stereocenters. The zero-order valence-corrected chi connectivity index (χ0v) is 11.1. The van der Waals surface area contributed by atoms with Gasteiger partial charge in [0.2, 0.25) is 0 Å². The number of carbonyl (C=O) groups excluding carboxylic acids is 1. The van der Waals surface area contributed by atoms with Gasteiger partial charge in [-0.05, 0) is 19.1 Å². The highest BCUT2D eigenvalue weighted by Gasteiger charge is 2.08. The summed E-state index contributed by atoms with van der Waals surface area (Å²) >= 11 is 0. The van der Waals surface area contributed by atoms with E-state index in [4.69, 9.17) is 9.84 Å². The van der Waals surface area contributed by atoms with Crippen molar-refractivity contribution in [1.29, 1.82) is 0 Å². The summed E-state index contributed by atoms with van der Waals surface area (Å²) in [6.45, 7) is 1.95. The van der Waals surface area contributed by atoms with Gasteiger partial charge in [0.25, 0.3) is 0 Å². The summed E-state index contributed by atoms with van der Waals surface area (Å²) in [7, 11) is 0. The van der Waals surface area contributed by atoms with Gasteiger partial charge < -0.3 is 20.5 Å². The zero-order chi connectivity index (χ0) is 15.0. The minimum Gasteiger partial charge on any atom is -0.491 e. The molecule has 1 aromatic rings. The highest BCUT2D eigenvalue weighted by Crippen LogP contribution is 2.11. The van der Waals surface area contributed by atoms with Gasteiger partial charge in [0.1, 0.15) is 18.2 Å². The number of carboxylic acids is 1. The summed E-state index contributed by atoms with van der Waals surface area (Å²) in [4.78, 5) is 21.6. The average Bonchev–Trinajstić information content (AvgIpc) is 2.36. The third kappa shape index (κ3) is 6.58. The van der Waals surface area contributed by atoms with Crippen molar-refractivity contribution in [3.05, 3.63) is 30.1 Å². The summed E-state index contributed by atoms with van der Waals surface area (Å²) in [6, 6.07) is 4.93. The lowest BCUT2D eigenvalue weighted by molar-refractivity contribution is -0.136. The molecule has 0 aliphatic heterocycles. The van der Waals surface area contributed by atoms with E-state index in [9.17, 15) is 14.0 Å². The molecule has 0 aliphatic carbocycles. The minimum absolute atomic E-state index is 0.0542. The molecule has 0 aliphatic rings. The molecule has 0 radical (unpaired) electrons. The van der Waals surface area contributed by atoms with E-state index in [1.54, 1.807) is 13.0 Å². The van der Waals surface area contributed by atoms with Crippen molar-refractivity contribution in [3.8, 4) is 5.75 Å². The molecule has 0 heterocycles. The number of ether oxygens (including phenoxy) is 1. The van der Waals surface area contributed by atoms with Crippen molar-refractivity contribution in [2.75, 3.05) is 13.2 Å². The molecule has 0 aromatic heterocycles. The van der Waals surface area contributed by atoms with Crippen LogP contribution < -0.4 is 15.4 Å². The maximum Gasteiger partial charge on any atom is 0.315 e. The average molecular weight is 284 g/mol. The predicted molar refractivity (Wildman–Crippen MR) is 70.1 cm³/mol. The lowest BCUT2D eigenvalue weighted by Gasteiger charge is -2.15. The van der Waals surface area contributed by atoms with Crippen LogP contribution >= 0.6 is 0 Å². The number of hydrogen-bond acceptors (Lipinski definition) is 3. The van der Waals surface area contributed by atoms with E-state index in [0.717, 1.165) is 0 Å². The smallest absolute Gasteiger partial charge is 0.315 e. The summed E-state index contributed by atoms with van der Waals surface area (Å²) < 4.78 is 18.2. The Balaban J connectivity index is 2.24. The molecule has 1 rings (SSSR count). The number of rotatable bonds is 7. The number of nitrogens with one attached hydrogen (secondary N) is 2. The van der Waals surface area contributed by atoms with Gasteiger partial charge in [0.05, 0.1) is 12.5 Å². The SMILES string of the molecule is CC(COc1cccc(F)c1)NC(=O)NCCC(=O)O. The Morgan fingerprint density at radius 1 is 1.45 bits per heavy atom. The van der Waals surface area contributed by atoms with E-state index >= 15 is 0 Å². The van der Waals surface area contributed by atoms with Gasteiger partial charge in [-0.3, -0.25) is 4.79 Å². The minimum atomic E-state index is -0.979. The molecule has 0 saturated carbocycles. The van der Waals surface area contributed by atoms with Crippen LogP contribution in [0.3, 0.4) is 0 Å². The van der Waals surface area contributed by atoms with Crippen LogP contribution in [0, 0.1) is 5.82 Å².